The standard InChI is InChI=1S/C13H15NO3/c1-13-9-14(7-11(13)17-13)12(15)16-8-10-5-3-2-4-6-10/h2-6,11H,7-9H2,1H3/t11-,13?/m0/s1. The van der Waals surface area contributed by atoms with E-state index in [-0.39, 0.29) is 17.8 Å². The number of fused-ring (bicyclic) bond motifs is 1. The van der Waals surface area contributed by atoms with Crippen molar-refractivity contribution >= 4 is 6.09 Å². The summed E-state index contributed by atoms with van der Waals surface area (Å²) in [6.07, 6.45) is -0.0300. The van der Waals surface area contributed by atoms with Gasteiger partial charge in [0.05, 0.1) is 13.1 Å². The van der Waals surface area contributed by atoms with Gasteiger partial charge in [-0.15, -0.1) is 0 Å². The molecular formula is C13H15NO3. The van der Waals surface area contributed by atoms with E-state index < -0.39 is 0 Å². The molecule has 2 aliphatic rings. The molecule has 3 rings (SSSR count). The number of carbonyl (C=O) groups is 1. The van der Waals surface area contributed by atoms with Crippen molar-refractivity contribution < 1.29 is 14.3 Å². The van der Waals surface area contributed by atoms with Crippen LogP contribution < -0.4 is 0 Å². The van der Waals surface area contributed by atoms with Crippen LogP contribution in [0.15, 0.2) is 30.3 Å². The molecule has 0 saturated carbocycles. The third-order valence-corrected chi connectivity index (χ3v) is 3.39. The van der Waals surface area contributed by atoms with Crippen molar-refractivity contribution in [3.8, 4) is 0 Å². The Bertz CT molecular complexity index is 434. The number of morpholine rings is 1. The molecule has 4 nitrogen and oxygen atoms in total. The van der Waals surface area contributed by atoms with Crippen molar-refractivity contribution in [1.29, 1.82) is 0 Å². The minimum atomic E-state index is -0.245. The third kappa shape index (κ3) is 2.00. The maximum absolute atomic E-state index is 11.8. The number of nitrogens with zero attached hydrogens (tertiary/aromatic N) is 1. The minimum Gasteiger partial charge on any atom is -0.445 e. The maximum atomic E-state index is 11.8. The Hall–Kier alpha value is -1.55. The molecule has 0 aromatic heterocycles. The second-order valence-corrected chi connectivity index (χ2v) is 4.84. The molecule has 2 heterocycles. The third-order valence-electron chi connectivity index (χ3n) is 3.39. The van der Waals surface area contributed by atoms with Crippen LogP contribution in [0.25, 0.3) is 0 Å². The van der Waals surface area contributed by atoms with Crippen LogP contribution in [0, 0.1) is 0 Å². The lowest BCUT2D eigenvalue weighted by atomic mass is 10.2. The summed E-state index contributed by atoms with van der Waals surface area (Å²) in [7, 11) is 0. The van der Waals surface area contributed by atoms with E-state index in [9.17, 15) is 4.79 Å². The Morgan fingerprint density at radius 1 is 1.53 bits per heavy atom. The number of ether oxygens (including phenoxy) is 2. The summed E-state index contributed by atoms with van der Waals surface area (Å²) in [5, 5.41) is 0. The van der Waals surface area contributed by atoms with Gasteiger partial charge in [-0.1, -0.05) is 30.3 Å². The van der Waals surface area contributed by atoms with Crippen LogP contribution in [-0.4, -0.2) is 35.8 Å². The second-order valence-electron chi connectivity index (χ2n) is 4.84. The molecule has 17 heavy (non-hydrogen) atoms. The molecule has 2 saturated heterocycles. The first-order valence-electron chi connectivity index (χ1n) is 5.81. The van der Waals surface area contributed by atoms with Crippen molar-refractivity contribution in [1.82, 2.24) is 4.90 Å². The van der Waals surface area contributed by atoms with E-state index in [4.69, 9.17) is 9.47 Å². The molecule has 0 spiro atoms. The highest BCUT2D eigenvalue weighted by atomic mass is 16.6. The monoisotopic (exact) mass is 233 g/mol. The first-order valence-corrected chi connectivity index (χ1v) is 5.81. The predicted octanol–water partition coefficient (Wildman–Crippen LogP) is 1.80. The molecule has 1 unspecified atom stereocenters. The quantitative estimate of drug-likeness (QED) is 0.731. The van der Waals surface area contributed by atoms with E-state index in [2.05, 4.69) is 0 Å². The van der Waals surface area contributed by atoms with E-state index in [0.717, 1.165) is 5.56 Å². The van der Waals surface area contributed by atoms with Crippen LogP contribution in [0.4, 0.5) is 4.79 Å². The molecule has 0 N–H and O–H groups in total. The van der Waals surface area contributed by atoms with Gasteiger partial charge in [0.2, 0.25) is 0 Å². The maximum Gasteiger partial charge on any atom is 0.410 e. The normalized spacial score (nSPS) is 29.9. The van der Waals surface area contributed by atoms with Gasteiger partial charge in [-0.05, 0) is 12.5 Å². The highest BCUT2D eigenvalue weighted by molar-refractivity contribution is 5.68. The van der Waals surface area contributed by atoms with Crippen molar-refractivity contribution in [3.05, 3.63) is 35.9 Å². The molecule has 2 atom stereocenters. The zero-order valence-corrected chi connectivity index (χ0v) is 9.76. The van der Waals surface area contributed by atoms with Crippen molar-refractivity contribution in [3.63, 3.8) is 0 Å². The van der Waals surface area contributed by atoms with Crippen LogP contribution in [0.5, 0.6) is 0 Å². The van der Waals surface area contributed by atoms with Crippen molar-refractivity contribution in [2.24, 2.45) is 0 Å². The van der Waals surface area contributed by atoms with Gasteiger partial charge < -0.3 is 14.4 Å². The molecule has 4 heteroatoms. The molecule has 1 aromatic rings. The summed E-state index contributed by atoms with van der Waals surface area (Å²) >= 11 is 0. The Balaban J connectivity index is 1.51. The number of amides is 1. The van der Waals surface area contributed by atoms with Gasteiger partial charge in [0.1, 0.15) is 18.3 Å². The van der Waals surface area contributed by atoms with Crippen molar-refractivity contribution in [2.45, 2.75) is 25.2 Å². The first-order chi connectivity index (χ1) is 8.17. The summed E-state index contributed by atoms with van der Waals surface area (Å²) in [6, 6.07) is 9.70. The fourth-order valence-corrected chi connectivity index (χ4v) is 2.25. The molecule has 1 amide bonds. The molecular weight excluding hydrogens is 218 g/mol. The summed E-state index contributed by atoms with van der Waals surface area (Å²) < 4.78 is 10.7. The highest BCUT2D eigenvalue weighted by Crippen LogP contribution is 2.42. The number of likely N-dealkylation sites (tertiary alicyclic amines) is 1. The highest BCUT2D eigenvalue weighted by Gasteiger charge is 2.60. The molecule has 0 aliphatic carbocycles. The average Bonchev–Trinajstić information content (AvgIpc) is 2.86. The molecule has 0 radical (unpaired) electrons. The summed E-state index contributed by atoms with van der Waals surface area (Å²) in [5.41, 5.74) is 0.902. The number of hydrogen-bond donors (Lipinski definition) is 0. The molecule has 1 aromatic carbocycles. The molecule has 2 aliphatic heterocycles. The van der Waals surface area contributed by atoms with Gasteiger partial charge in [0.15, 0.2) is 0 Å². The number of hydrogen-bond acceptors (Lipinski definition) is 3. The Morgan fingerprint density at radius 2 is 2.29 bits per heavy atom. The van der Waals surface area contributed by atoms with Crippen LogP contribution in [0.1, 0.15) is 12.5 Å². The van der Waals surface area contributed by atoms with Crippen LogP contribution in [0.3, 0.4) is 0 Å². The van der Waals surface area contributed by atoms with Gasteiger partial charge >= 0.3 is 6.09 Å². The number of rotatable bonds is 2. The van der Waals surface area contributed by atoms with Gasteiger partial charge in [-0.25, -0.2) is 4.79 Å². The van der Waals surface area contributed by atoms with Gasteiger partial charge in [0, 0.05) is 0 Å². The summed E-state index contributed by atoms with van der Waals surface area (Å²) in [4.78, 5) is 13.5. The Labute approximate surface area is 100 Å². The van der Waals surface area contributed by atoms with E-state index in [1.165, 1.54) is 0 Å². The summed E-state index contributed by atoms with van der Waals surface area (Å²) in [6.45, 7) is 3.66. The van der Waals surface area contributed by atoms with Crippen molar-refractivity contribution in [2.75, 3.05) is 13.1 Å². The van der Waals surface area contributed by atoms with Crippen LogP contribution in [0.2, 0.25) is 0 Å². The lowest BCUT2D eigenvalue weighted by Gasteiger charge is -2.18. The molecule has 90 valence electrons. The number of benzene rings is 1. The zero-order chi connectivity index (χ0) is 11.9. The molecule has 0 bridgehead atoms. The number of carbonyl (C=O) groups excluding carboxylic acids is 1. The smallest absolute Gasteiger partial charge is 0.410 e. The van der Waals surface area contributed by atoms with Gasteiger partial charge in [-0.3, -0.25) is 0 Å². The summed E-state index contributed by atoms with van der Waals surface area (Å²) in [5.74, 6) is 0. The minimum absolute atomic E-state index is 0.105. The van der Waals surface area contributed by atoms with Gasteiger partial charge in [0.25, 0.3) is 0 Å². The average molecular weight is 233 g/mol. The topological polar surface area (TPSA) is 42.1 Å². The fourth-order valence-electron chi connectivity index (χ4n) is 2.25. The lowest BCUT2D eigenvalue weighted by molar-refractivity contribution is 0.0839. The first kappa shape index (κ1) is 10.6. The van der Waals surface area contributed by atoms with E-state index in [0.29, 0.717) is 19.7 Å². The van der Waals surface area contributed by atoms with E-state index in [1.54, 1.807) is 4.90 Å². The van der Waals surface area contributed by atoms with Crippen LogP contribution in [-0.2, 0) is 16.1 Å². The van der Waals surface area contributed by atoms with Crippen LogP contribution >= 0.6 is 0 Å². The number of epoxide rings is 1. The Kier molecular flexibility index (Phi) is 2.33. The fraction of sp³-hybridized carbons (Fsp3) is 0.462. The van der Waals surface area contributed by atoms with Gasteiger partial charge in [-0.2, -0.15) is 0 Å². The predicted molar refractivity (Wildman–Crippen MR) is 61.5 cm³/mol. The molecule has 2 fully saturated rings. The SMILES string of the molecule is CC12CN(C(=O)OCc3ccccc3)C[C@@H]1O2. The van der Waals surface area contributed by atoms with E-state index >= 15 is 0 Å². The lowest BCUT2D eigenvalue weighted by Crippen LogP contribution is -2.33. The zero-order valence-electron chi connectivity index (χ0n) is 9.76. The largest absolute Gasteiger partial charge is 0.445 e. The Morgan fingerprint density at radius 3 is 2.94 bits per heavy atom. The van der Waals surface area contributed by atoms with E-state index in [1.807, 2.05) is 37.3 Å². The second kappa shape index (κ2) is 3.74.